The summed E-state index contributed by atoms with van der Waals surface area (Å²) in [6, 6.07) is 0.0472. The predicted molar refractivity (Wildman–Crippen MR) is 61.2 cm³/mol. The third-order valence-corrected chi connectivity index (χ3v) is 3.63. The summed E-state index contributed by atoms with van der Waals surface area (Å²) in [6.45, 7) is 7.09. The Bertz CT molecular complexity index is 260. The van der Waals surface area contributed by atoms with Crippen molar-refractivity contribution in [3.8, 4) is 0 Å². The predicted octanol–water partition coefficient (Wildman–Crippen LogP) is -0.286. The second-order valence-corrected chi connectivity index (χ2v) is 4.85. The van der Waals surface area contributed by atoms with Gasteiger partial charge in [-0.3, -0.25) is 4.90 Å². The Morgan fingerprint density at radius 3 is 2.88 bits per heavy atom. The second kappa shape index (κ2) is 5.01. The van der Waals surface area contributed by atoms with E-state index < -0.39 is 0 Å². The molecule has 2 fully saturated rings. The number of urea groups is 1. The molecule has 0 saturated carbocycles. The number of piperidine rings is 1. The molecule has 2 unspecified atom stereocenters. The summed E-state index contributed by atoms with van der Waals surface area (Å²) in [5, 5.41) is 12.5. The number of aliphatic hydroxyl groups excluding tert-OH is 1. The molecule has 0 bridgehead atoms. The molecule has 0 aromatic rings. The number of nitrogens with one attached hydrogen (secondary N) is 1. The van der Waals surface area contributed by atoms with Crippen LogP contribution in [0.1, 0.15) is 13.3 Å². The minimum Gasteiger partial charge on any atom is -0.392 e. The molecule has 2 aliphatic heterocycles. The first-order valence-corrected chi connectivity index (χ1v) is 6.10. The van der Waals surface area contributed by atoms with Crippen LogP contribution in [0.4, 0.5) is 4.79 Å². The van der Waals surface area contributed by atoms with Crippen LogP contribution in [0.3, 0.4) is 0 Å². The van der Waals surface area contributed by atoms with E-state index in [-0.39, 0.29) is 12.1 Å². The average molecular weight is 227 g/mol. The van der Waals surface area contributed by atoms with E-state index in [1.165, 1.54) is 0 Å². The summed E-state index contributed by atoms with van der Waals surface area (Å²) >= 11 is 0. The first-order valence-electron chi connectivity index (χ1n) is 6.10. The number of rotatable bonds is 3. The van der Waals surface area contributed by atoms with Crippen molar-refractivity contribution in [1.29, 1.82) is 0 Å². The molecule has 2 saturated heterocycles. The molecule has 2 rings (SSSR count). The number of β-amino-alcohol motifs (C(OH)–C–C–N with tert-alkyl or cyclic N) is 1. The van der Waals surface area contributed by atoms with Crippen molar-refractivity contribution >= 4 is 6.03 Å². The van der Waals surface area contributed by atoms with E-state index in [0.717, 1.165) is 45.7 Å². The highest BCUT2D eigenvalue weighted by molar-refractivity contribution is 5.76. The highest BCUT2D eigenvalue weighted by atomic mass is 16.3. The molecule has 2 atom stereocenters. The lowest BCUT2D eigenvalue weighted by Crippen LogP contribution is -2.46. The van der Waals surface area contributed by atoms with Gasteiger partial charge in [-0.15, -0.1) is 0 Å². The van der Waals surface area contributed by atoms with Crippen molar-refractivity contribution in [1.82, 2.24) is 15.1 Å². The van der Waals surface area contributed by atoms with Crippen LogP contribution in [0.5, 0.6) is 0 Å². The maximum absolute atomic E-state index is 11.3. The third kappa shape index (κ3) is 2.65. The molecule has 0 aromatic heterocycles. The first kappa shape index (κ1) is 11.7. The van der Waals surface area contributed by atoms with Gasteiger partial charge in [-0.1, -0.05) is 6.92 Å². The number of carbonyl (C=O) groups excluding carboxylic acids is 1. The van der Waals surface area contributed by atoms with Crippen LogP contribution < -0.4 is 5.32 Å². The van der Waals surface area contributed by atoms with Gasteiger partial charge in [0.2, 0.25) is 0 Å². The molecule has 0 aliphatic carbocycles. The maximum atomic E-state index is 11.3. The third-order valence-electron chi connectivity index (χ3n) is 3.63. The SMILES string of the molecule is CC1CCN(CCN2CCNC2=O)CC1O. The number of hydrogen-bond acceptors (Lipinski definition) is 3. The van der Waals surface area contributed by atoms with Gasteiger partial charge in [0.25, 0.3) is 0 Å². The Kier molecular flexibility index (Phi) is 3.66. The lowest BCUT2D eigenvalue weighted by Gasteiger charge is -2.34. The number of hydrogen-bond donors (Lipinski definition) is 2. The molecule has 2 amide bonds. The first-order chi connectivity index (χ1) is 7.66. The fourth-order valence-corrected chi connectivity index (χ4v) is 2.30. The minimum absolute atomic E-state index is 0.0472. The summed E-state index contributed by atoms with van der Waals surface area (Å²) in [6.07, 6.45) is 0.842. The van der Waals surface area contributed by atoms with Crippen LogP contribution in [0.15, 0.2) is 0 Å². The van der Waals surface area contributed by atoms with E-state index >= 15 is 0 Å². The topological polar surface area (TPSA) is 55.8 Å². The van der Waals surface area contributed by atoms with Crippen LogP contribution in [-0.4, -0.2) is 66.3 Å². The van der Waals surface area contributed by atoms with E-state index in [0.29, 0.717) is 5.92 Å². The van der Waals surface area contributed by atoms with Crippen molar-refractivity contribution in [2.24, 2.45) is 5.92 Å². The van der Waals surface area contributed by atoms with Crippen LogP contribution in [0, 0.1) is 5.92 Å². The number of carbonyl (C=O) groups is 1. The molecule has 0 aromatic carbocycles. The number of nitrogens with zero attached hydrogens (tertiary/aromatic N) is 2. The van der Waals surface area contributed by atoms with Crippen molar-refractivity contribution in [3.63, 3.8) is 0 Å². The fraction of sp³-hybridized carbons (Fsp3) is 0.909. The Hall–Kier alpha value is -0.810. The molecule has 2 heterocycles. The lowest BCUT2D eigenvalue weighted by molar-refractivity contribution is 0.0273. The number of aliphatic hydroxyl groups is 1. The smallest absolute Gasteiger partial charge is 0.317 e. The molecule has 5 nitrogen and oxygen atoms in total. The van der Waals surface area contributed by atoms with Crippen LogP contribution >= 0.6 is 0 Å². The van der Waals surface area contributed by atoms with Gasteiger partial charge in [0, 0.05) is 32.7 Å². The van der Waals surface area contributed by atoms with Crippen molar-refractivity contribution in [2.45, 2.75) is 19.4 Å². The van der Waals surface area contributed by atoms with E-state index in [4.69, 9.17) is 0 Å². The zero-order valence-corrected chi connectivity index (χ0v) is 9.85. The van der Waals surface area contributed by atoms with Crippen molar-refractivity contribution < 1.29 is 9.90 Å². The van der Waals surface area contributed by atoms with E-state index in [1.807, 2.05) is 4.90 Å². The van der Waals surface area contributed by atoms with Crippen LogP contribution in [-0.2, 0) is 0 Å². The highest BCUT2D eigenvalue weighted by Crippen LogP contribution is 2.16. The molecule has 0 spiro atoms. The minimum atomic E-state index is -0.207. The quantitative estimate of drug-likeness (QED) is 0.697. The zero-order chi connectivity index (χ0) is 11.5. The standard InChI is InChI=1S/C11H21N3O2/c1-9-2-4-13(8-10(9)15)6-7-14-5-3-12-11(14)16/h9-10,15H,2-8H2,1H3,(H,12,16). The van der Waals surface area contributed by atoms with E-state index in [2.05, 4.69) is 17.1 Å². The van der Waals surface area contributed by atoms with Gasteiger partial charge in [0.1, 0.15) is 0 Å². The molecule has 2 N–H and O–H groups in total. The largest absolute Gasteiger partial charge is 0.392 e. The lowest BCUT2D eigenvalue weighted by atomic mass is 9.96. The molecule has 0 radical (unpaired) electrons. The Balaban J connectivity index is 1.72. The van der Waals surface area contributed by atoms with Gasteiger partial charge < -0.3 is 15.3 Å². The van der Waals surface area contributed by atoms with Gasteiger partial charge in [-0.2, -0.15) is 0 Å². The zero-order valence-electron chi connectivity index (χ0n) is 9.85. The van der Waals surface area contributed by atoms with Gasteiger partial charge in [0.05, 0.1) is 6.10 Å². The molecular formula is C11H21N3O2. The molecule has 5 heteroatoms. The van der Waals surface area contributed by atoms with Gasteiger partial charge >= 0.3 is 6.03 Å². The molecule has 92 valence electrons. The molecule has 2 aliphatic rings. The number of likely N-dealkylation sites (tertiary alicyclic amines) is 1. The summed E-state index contributed by atoms with van der Waals surface area (Å²) in [7, 11) is 0. The van der Waals surface area contributed by atoms with E-state index in [1.54, 1.807) is 0 Å². The van der Waals surface area contributed by atoms with Gasteiger partial charge in [-0.25, -0.2) is 4.79 Å². The second-order valence-electron chi connectivity index (χ2n) is 4.85. The van der Waals surface area contributed by atoms with Crippen molar-refractivity contribution in [3.05, 3.63) is 0 Å². The summed E-state index contributed by atoms with van der Waals surface area (Å²) in [4.78, 5) is 15.4. The summed E-state index contributed by atoms with van der Waals surface area (Å²) in [5.41, 5.74) is 0. The maximum Gasteiger partial charge on any atom is 0.317 e. The molecule has 16 heavy (non-hydrogen) atoms. The van der Waals surface area contributed by atoms with Gasteiger partial charge in [-0.05, 0) is 18.9 Å². The summed E-state index contributed by atoms with van der Waals surface area (Å²) < 4.78 is 0. The van der Waals surface area contributed by atoms with E-state index in [9.17, 15) is 9.90 Å². The highest BCUT2D eigenvalue weighted by Gasteiger charge is 2.25. The van der Waals surface area contributed by atoms with Crippen LogP contribution in [0.2, 0.25) is 0 Å². The Morgan fingerprint density at radius 1 is 1.44 bits per heavy atom. The van der Waals surface area contributed by atoms with Crippen LogP contribution in [0.25, 0.3) is 0 Å². The monoisotopic (exact) mass is 227 g/mol. The summed E-state index contributed by atoms with van der Waals surface area (Å²) in [5.74, 6) is 0.409. The molecular weight excluding hydrogens is 206 g/mol. The average Bonchev–Trinajstić information content (AvgIpc) is 2.66. The Morgan fingerprint density at radius 2 is 2.25 bits per heavy atom. The normalized spacial score (nSPS) is 31.9. The van der Waals surface area contributed by atoms with Gasteiger partial charge in [0.15, 0.2) is 0 Å². The van der Waals surface area contributed by atoms with Crippen molar-refractivity contribution in [2.75, 3.05) is 39.3 Å². The fourth-order valence-electron chi connectivity index (χ4n) is 2.30. The number of amides is 2. The Labute approximate surface area is 96.4 Å².